The van der Waals surface area contributed by atoms with Crippen LogP contribution in [0.5, 0.6) is 0 Å². The highest BCUT2D eigenvalue weighted by Crippen LogP contribution is 2.15. The Bertz CT molecular complexity index is 1050. The monoisotopic (exact) mass is 363 g/mol. The van der Waals surface area contributed by atoms with Crippen LogP contribution in [-0.2, 0) is 0 Å². The van der Waals surface area contributed by atoms with E-state index in [1.54, 1.807) is 58.5 Å². The zero-order valence-corrected chi connectivity index (χ0v) is 14.5. The second kappa shape index (κ2) is 7.03. The molecule has 2 amide bonds. The minimum absolute atomic E-state index is 0.0122. The molecule has 1 aromatic carbocycles. The van der Waals surface area contributed by atoms with Gasteiger partial charge in [0, 0.05) is 37.8 Å². The van der Waals surface area contributed by atoms with E-state index in [0.717, 1.165) is 0 Å². The predicted octanol–water partition coefficient (Wildman–Crippen LogP) is 1.79. The highest BCUT2D eigenvalue weighted by Gasteiger charge is 2.27. The number of nitrogens with zero attached hydrogens (tertiary/aromatic N) is 3. The molecule has 0 radical (unpaired) electrons. The smallest absolute Gasteiger partial charge is 0.349 e. The molecule has 2 aromatic heterocycles. The van der Waals surface area contributed by atoms with Crippen molar-refractivity contribution in [3.8, 4) is 0 Å². The maximum absolute atomic E-state index is 12.8. The van der Waals surface area contributed by atoms with Crippen molar-refractivity contribution in [3.63, 3.8) is 0 Å². The quantitative estimate of drug-likeness (QED) is 0.648. The first-order chi connectivity index (χ1) is 13.1. The molecule has 0 bridgehead atoms. The third-order valence-corrected chi connectivity index (χ3v) is 4.61. The van der Waals surface area contributed by atoms with E-state index in [2.05, 4.69) is 4.98 Å². The van der Waals surface area contributed by atoms with Crippen molar-refractivity contribution in [2.75, 3.05) is 26.2 Å². The first-order valence-electron chi connectivity index (χ1n) is 8.66. The molecule has 1 aliphatic rings. The summed E-state index contributed by atoms with van der Waals surface area (Å²) < 4.78 is 5.25. The summed E-state index contributed by atoms with van der Waals surface area (Å²) in [5.74, 6) is -0.535. The molecule has 0 N–H and O–H groups in total. The third-order valence-electron chi connectivity index (χ3n) is 4.61. The molecule has 136 valence electrons. The van der Waals surface area contributed by atoms with Crippen LogP contribution < -0.4 is 5.63 Å². The van der Waals surface area contributed by atoms with E-state index in [-0.39, 0.29) is 17.4 Å². The van der Waals surface area contributed by atoms with E-state index in [1.165, 1.54) is 0 Å². The Kier molecular flexibility index (Phi) is 4.42. The number of amides is 2. The lowest BCUT2D eigenvalue weighted by atomic mass is 10.1. The minimum Gasteiger partial charge on any atom is -0.422 e. The van der Waals surface area contributed by atoms with Crippen molar-refractivity contribution < 1.29 is 14.0 Å². The summed E-state index contributed by atoms with van der Waals surface area (Å²) in [5, 5.41) is 0.699. The van der Waals surface area contributed by atoms with Gasteiger partial charge in [0.1, 0.15) is 16.8 Å². The van der Waals surface area contributed by atoms with Crippen molar-refractivity contribution >= 4 is 22.8 Å². The van der Waals surface area contributed by atoms with Crippen LogP contribution in [0.3, 0.4) is 0 Å². The number of fused-ring (bicyclic) bond motifs is 1. The zero-order valence-electron chi connectivity index (χ0n) is 14.5. The highest BCUT2D eigenvalue weighted by atomic mass is 16.4. The zero-order chi connectivity index (χ0) is 18.8. The Balaban J connectivity index is 1.48. The molecule has 0 aliphatic carbocycles. The lowest BCUT2D eigenvalue weighted by molar-refractivity contribution is 0.0530. The van der Waals surface area contributed by atoms with Crippen LogP contribution in [0.15, 0.2) is 63.9 Å². The van der Waals surface area contributed by atoms with Crippen LogP contribution in [0.25, 0.3) is 11.0 Å². The molecule has 1 aliphatic heterocycles. The van der Waals surface area contributed by atoms with Gasteiger partial charge in [-0.1, -0.05) is 24.3 Å². The van der Waals surface area contributed by atoms with Gasteiger partial charge in [-0.2, -0.15) is 0 Å². The second-order valence-corrected chi connectivity index (χ2v) is 6.28. The van der Waals surface area contributed by atoms with Gasteiger partial charge in [-0.25, -0.2) is 4.79 Å². The number of carbonyl (C=O) groups excluding carboxylic acids is 2. The number of para-hydroxylation sites is 1. The molecule has 0 unspecified atom stereocenters. The molecule has 3 aromatic rings. The van der Waals surface area contributed by atoms with Gasteiger partial charge in [-0.15, -0.1) is 0 Å². The summed E-state index contributed by atoms with van der Waals surface area (Å²) in [6.07, 6.45) is 1.58. The molecule has 1 fully saturated rings. The summed E-state index contributed by atoms with van der Waals surface area (Å²) in [7, 11) is 0. The number of hydrogen-bond acceptors (Lipinski definition) is 5. The van der Waals surface area contributed by atoms with E-state index in [1.807, 2.05) is 6.07 Å². The number of rotatable bonds is 2. The number of pyridine rings is 1. The molecule has 7 heteroatoms. The van der Waals surface area contributed by atoms with Gasteiger partial charge in [0.25, 0.3) is 11.8 Å². The van der Waals surface area contributed by atoms with Crippen molar-refractivity contribution in [2.24, 2.45) is 0 Å². The molecule has 0 saturated carbocycles. The first-order valence-corrected chi connectivity index (χ1v) is 8.66. The first kappa shape index (κ1) is 17.0. The Morgan fingerprint density at radius 1 is 0.889 bits per heavy atom. The topological polar surface area (TPSA) is 83.7 Å². The van der Waals surface area contributed by atoms with Gasteiger partial charge < -0.3 is 14.2 Å². The lowest BCUT2D eigenvalue weighted by Crippen LogP contribution is -2.51. The summed E-state index contributed by atoms with van der Waals surface area (Å²) in [6, 6.07) is 13.8. The SMILES string of the molecule is O=C(c1ccccn1)N1CCN(C(=O)c2cc3ccccc3oc2=O)CC1. The van der Waals surface area contributed by atoms with E-state index < -0.39 is 5.63 Å². The molecular formula is C20H17N3O4. The fraction of sp³-hybridized carbons (Fsp3) is 0.200. The Hall–Kier alpha value is -3.48. The number of benzene rings is 1. The van der Waals surface area contributed by atoms with Gasteiger partial charge in [0.15, 0.2) is 0 Å². The maximum atomic E-state index is 12.8. The van der Waals surface area contributed by atoms with Gasteiger partial charge in [-0.05, 0) is 24.3 Å². The molecule has 27 heavy (non-hydrogen) atoms. The van der Waals surface area contributed by atoms with Gasteiger partial charge >= 0.3 is 5.63 Å². The fourth-order valence-corrected chi connectivity index (χ4v) is 3.15. The van der Waals surface area contributed by atoms with Crippen molar-refractivity contribution in [1.29, 1.82) is 0 Å². The largest absolute Gasteiger partial charge is 0.422 e. The number of aromatic nitrogens is 1. The van der Waals surface area contributed by atoms with E-state index in [4.69, 9.17) is 4.42 Å². The average molecular weight is 363 g/mol. The fourth-order valence-electron chi connectivity index (χ4n) is 3.15. The van der Waals surface area contributed by atoms with Crippen LogP contribution in [0.2, 0.25) is 0 Å². The second-order valence-electron chi connectivity index (χ2n) is 6.28. The van der Waals surface area contributed by atoms with Gasteiger partial charge in [-0.3, -0.25) is 14.6 Å². The van der Waals surface area contributed by atoms with Crippen molar-refractivity contribution in [2.45, 2.75) is 0 Å². The maximum Gasteiger partial charge on any atom is 0.349 e. The number of hydrogen-bond donors (Lipinski definition) is 0. The summed E-state index contributed by atoms with van der Waals surface area (Å²) in [5.41, 5.74) is 0.196. The molecule has 4 rings (SSSR count). The van der Waals surface area contributed by atoms with Crippen LogP contribution in [0.4, 0.5) is 0 Å². The minimum atomic E-state index is -0.648. The van der Waals surface area contributed by atoms with E-state index >= 15 is 0 Å². The molecular weight excluding hydrogens is 346 g/mol. The number of carbonyl (C=O) groups is 2. The molecule has 7 nitrogen and oxygen atoms in total. The summed E-state index contributed by atoms with van der Waals surface area (Å²) >= 11 is 0. The van der Waals surface area contributed by atoms with E-state index in [0.29, 0.717) is 42.8 Å². The Morgan fingerprint density at radius 3 is 2.26 bits per heavy atom. The van der Waals surface area contributed by atoms with Gasteiger partial charge in [0.2, 0.25) is 0 Å². The molecule has 0 atom stereocenters. The van der Waals surface area contributed by atoms with Crippen molar-refractivity contribution in [3.05, 3.63) is 76.4 Å². The van der Waals surface area contributed by atoms with Crippen LogP contribution in [-0.4, -0.2) is 52.8 Å². The Labute approximate surface area is 154 Å². The molecule has 1 saturated heterocycles. The molecule has 3 heterocycles. The van der Waals surface area contributed by atoms with Gasteiger partial charge in [0.05, 0.1) is 0 Å². The predicted molar refractivity (Wildman–Crippen MR) is 98.5 cm³/mol. The lowest BCUT2D eigenvalue weighted by Gasteiger charge is -2.34. The van der Waals surface area contributed by atoms with Crippen LogP contribution in [0, 0.1) is 0 Å². The average Bonchev–Trinajstić information content (AvgIpc) is 2.73. The highest BCUT2D eigenvalue weighted by molar-refractivity contribution is 5.97. The molecule has 0 spiro atoms. The Morgan fingerprint density at radius 2 is 1.56 bits per heavy atom. The number of piperazine rings is 1. The van der Waals surface area contributed by atoms with Crippen LogP contribution >= 0.6 is 0 Å². The van der Waals surface area contributed by atoms with Crippen LogP contribution in [0.1, 0.15) is 20.8 Å². The normalized spacial score (nSPS) is 14.4. The summed E-state index contributed by atoms with van der Waals surface area (Å²) in [6.45, 7) is 1.48. The van der Waals surface area contributed by atoms with Crippen molar-refractivity contribution in [1.82, 2.24) is 14.8 Å². The third kappa shape index (κ3) is 3.31. The summed E-state index contributed by atoms with van der Waals surface area (Å²) in [4.78, 5) is 44.7. The standard InChI is InChI=1S/C20H17N3O4/c24-18(15-13-14-5-1-2-7-17(14)27-20(15)26)22-9-11-23(12-10-22)19(25)16-6-3-4-8-21-16/h1-8,13H,9-12H2. The van der Waals surface area contributed by atoms with E-state index in [9.17, 15) is 14.4 Å².